The molecule has 18 heavy (non-hydrogen) atoms. The third-order valence-corrected chi connectivity index (χ3v) is 3.45. The summed E-state index contributed by atoms with van der Waals surface area (Å²) in [7, 11) is 0. The zero-order valence-corrected chi connectivity index (χ0v) is 10.4. The molecule has 0 saturated heterocycles. The Morgan fingerprint density at radius 3 is 2.00 bits per heavy atom. The average Bonchev–Trinajstić information content (AvgIpc) is 3.08. The summed E-state index contributed by atoms with van der Waals surface area (Å²) in [5, 5.41) is 0. The van der Waals surface area contributed by atoms with Crippen molar-refractivity contribution in [3.63, 3.8) is 0 Å². The lowest BCUT2D eigenvalue weighted by molar-refractivity contribution is 0.912. The summed E-state index contributed by atoms with van der Waals surface area (Å²) in [6.07, 6.45) is 8.04. The number of fused-ring (bicyclic) bond motifs is 2. The van der Waals surface area contributed by atoms with E-state index in [9.17, 15) is 0 Å². The first-order valence-electron chi connectivity index (χ1n) is 6.52. The molecule has 0 saturated carbocycles. The average molecular weight is 235 g/mol. The predicted octanol–water partition coefficient (Wildman–Crippen LogP) is 4.11. The van der Waals surface area contributed by atoms with Gasteiger partial charge in [0, 0.05) is 17.9 Å². The van der Waals surface area contributed by atoms with Gasteiger partial charge in [-0.25, -0.2) is 0 Å². The molecule has 0 aliphatic heterocycles. The quantitative estimate of drug-likeness (QED) is 0.552. The second-order valence-electron chi connectivity index (χ2n) is 4.66. The maximum atomic E-state index is 2.24. The minimum atomic E-state index is 1.25. The van der Waals surface area contributed by atoms with Crippen LogP contribution in [0, 0.1) is 0 Å². The van der Waals surface area contributed by atoms with Gasteiger partial charge in [0.1, 0.15) is 0 Å². The lowest BCUT2D eigenvalue weighted by Gasteiger charge is -1.93. The predicted molar refractivity (Wildman–Crippen MR) is 75.9 cm³/mol. The Labute approximate surface area is 108 Å². The van der Waals surface area contributed by atoms with E-state index < -0.39 is 0 Å². The molecule has 1 aliphatic rings. The summed E-state index contributed by atoms with van der Waals surface area (Å²) in [5.74, 6) is 0. The minimum Gasteiger partial charge on any atom is -0.324 e. The standard InChI is InChI=1S/C9H10.C8H7N/c1-2-5-9-7-3-6-8(9)4-1;1-2-6-9-7-3-5-8(9)4-1/h1-2,4-5H,3,6-7H2;1-7H. The maximum absolute atomic E-state index is 2.24. The van der Waals surface area contributed by atoms with Crippen LogP contribution < -0.4 is 0 Å². The molecule has 0 fully saturated rings. The molecular weight excluding hydrogens is 218 g/mol. The van der Waals surface area contributed by atoms with Gasteiger partial charge in [0.2, 0.25) is 0 Å². The van der Waals surface area contributed by atoms with E-state index in [0.29, 0.717) is 0 Å². The fourth-order valence-corrected chi connectivity index (χ4v) is 2.49. The fourth-order valence-electron chi connectivity index (χ4n) is 2.49. The van der Waals surface area contributed by atoms with Crippen molar-refractivity contribution in [3.05, 3.63) is 78.1 Å². The molecule has 1 aromatic carbocycles. The number of hydrogen-bond acceptors (Lipinski definition) is 0. The third-order valence-electron chi connectivity index (χ3n) is 3.45. The van der Waals surface area contributed by atoms with Gasteiger partial charge in [-0.2, -0.15) is 0 Å². The van der Waals surface area contributed by atoms with Crippen LogP contribution in [-0.2, 0) is 12.8 Å². The summed E-state index contributed by atoms with van der Waals surface area (Å²) >= 11 is 0. The third kappa shape index (κ3) is 2.30. The second-order valence-corrected chi connectivity index (χ2v) is 4.66. The van der Waals surface area contributed by atoms with Crippen molar-refractivity contribution in [1.82, 2.24) is 4.40 Å². The molecule has 1 nitrogen and oxygen atoms in total. The molecule has 1 heteroatoms. The molecule has 0 spiro atoms. The molecule has 1 aliphatic carbocycles. The molecule has 0 N–H and O–H groups in total. The van der Waals surface area contributed by atoms with Crippen LogP contribution in [0.2, 0.25) is 0 Å². The van der Waals surface area contributed by atoms with Crippen LogP contribution in [0.15, 0.2) is 67.0 Å². The molecule has 0 amide bonds. The molecule has 4 rings (SSSR count). The summed E-state index contributed by atoms with van der Waals surface area (Å²) in [6, 6.07) is 19.0. The van der Waals surface area contributed by atoms with Gasteiger partial charge >= 0.3 is 0 Å². The zero-order valence-electron chi connectivity index (χ0n) is 10.4. The van der Waals surface area contributed by atoms with E-state index in [1.54, 1.807) is 11.1 Å². The molecule has 3 aromatic rings. The fraction of sp³-hybridized carbons (Fsp3) is 0.176. The van der Waals surface area contributed by atoms with Gasteiger partial charge in [0.25, 0.3) is 0 Å². The van der Waals surface area contributed by atoms with Crippen molar-refractivity contribution < 1.29 is 0 Å². The SMILES string of the molecule is c1ccc2c(c1)CCC2.c1ccn2cccc2c1. The molecule has 2 aromatic heterocycles. The van der Waals surface area contributed by atoms with Crippen molar-refractivity contribution in [2.45, 2.75) is 19.3 Å². The molecule has 0 bridgehead atoms. The molecular formula is C17H17N. The van der Waals surface area contributed by atoms with Crippen LogP contribution >= 0.6 is 0 Å². The van der Waals surface area contributed by atoms with E-state index in [-0.39, 0.29) is 0 Å². The number of pyridine rings is 1. The number of nitrogens with zero attached hydrogens (tertiary/aromatic N) is 1. The number of aryl methyl sites for hydroxylation is 2. The molecule has 90 valence electrons. The van der Waals surface area contributed by atoms with Crippen molar-refractivity contribution in [2.75, 3.05) is 0 Å². The van der Waals surface area contributed by atoms with Gasteiger partial charge < -0.3 is 4.40 Å². The number of hydrogen-bond donors (Lipinski definition) is 0. The highest BCUT2D eigenvalue weighted by molar-refractivity contribution is 5.46. The van der Waals surface area contributed by atoms with E-state index in [1.165, 1.54) is 24.8 Å². The largest absolute Gasteiger partial charge is 0.324 e. The van der Waals surface area contributed by atoms with Crippen molar-refractivity contribution in [3.8, 4) is 0 Å². The first-order chi connectivity index (χ1) is 8.93. The van der Waals surface area contributed by atoms with Gasteiger partial charge in [-0.3, -0.25) is 0 Å². The van der Waals surface area contributed by atoms with Gasteiger partial charge in [0.05, 0.1) is 0 Å². The topological polar surface area (TPSA) is 4.41 Å². The van der Waals surface area contributed by atoms with Crippen LogP contribution in [0.4, 0.5) is 0 Å². The Kier molecular flexibility index (Phi) is 3.14. The van der Waals surface area contributed by atoms with Gasteiger partial charge in [-0.15, -0.1) is 0 Å². The summed E-state index contributed by atoms with van der Waals surface area (Å²) in [4.78, 5) is 0. The highest BCUT2D eigenvalue weighted by Gasteiger charge is 2.07. The minimum absolute atomic E-state index is 1.25. The van der Waals surface area contributed by atoms with Crippen LogP contribution in [0.25, 0.3) is 5.52 Å². The molecule has 0 radical (unpaired) electrons. The Balaban J connectivity index is 0.000000111. The van der Waals surface area contributed by atoms with Crippen molar-refractivity contribution in [1.29, 1.82) is 0 Å². The maximum Gasteiger partial charge on any atom is 0.0449 e. The van der Waals surface area contributed by atoms with E-state index in [2.05, 4.69) is 40.8 Å². The summed E-state index contributed by atoms with van der Waals surface area (Å²) in [5.41, 5.74) is 4.38. The summed E-state index contributed by atoms with van der Waals surface area (Å²) < 4.78 is 2.08. The zero-order chi connectivity index (χ0) is 12.2. The molecule has 2 heterocycles. The lowest BCUT2D eigenvalue weighted by Crippen LogP contribution is -1.77. The molecule has 0 atom stereocenters. The van der Waals surface area contributed by atoms with E-state index in [0.717, 1.165) is 0 Å². The smallest absolute Gasteiger partial charge is 0.0449 e. The number of rotatable bonds is 0. The lowest BCUT2D eigenvalue weighted by atomic mass is 10.1. The van der Waals surface area contributed by atoms with Crippen LogP contribution in [0.5, 0.6) is 0 Å². The highest BCUT2D eigenvalue weighted by atomic mass is 14.8. The number of benzene rings is 1. The van der Waals surface area contributed by atoms with Crippen LogP contribution in [0.3, 0.4) is 0 Å². The van der Waals surface area contributed by atoms with Gasteiger partial charge in [-0.05, 0) is 54.7 Å². The van der Waals surface area contributed by atoms with Gasteiger partial charge in [0.15, 0.2) is 0 Å². The Bertz CT molecular complexity index is 583. The van der Waals surface area contributed by atoms with Crippen molar-refractivity contribution in [2.24, 2.45) is 0 Å². The van der Waals surface area contributed by atoms with E-state index in [1.807, 2.05) is 30.6 Å². The summed E-state index contributed by atoms with van der Waals surface area (Å²) in [6.45, 7) is 0. The van der Waals surface area contributed by atoms with Crippen molar-refractivity contribution >= 4 is 5.52 Å². The first kappa shape index (κ1) is 11.1. The Morgan fingerprint density at radius 2 is 1.28 bits per heavy atom. The van der Waals surface area contributed by atoms with Gasteiger partial charge in [-0.1, -0.05) is 30.3 Å². The second kappa shape index (κ2) is 5.09. The first-order valence-corrected chi connectivity index (χ1v) is 6.52. The Morgan fingerprint density at radius 1 is 0.667 bits per heavy atom. The Hall–Kier alpha value is -2.02. The number of aromatic nitrogens is 1. The highest BCUT2D eigenvalue weighted by Crippen LogP contribution is 2.20. The molecule has 0 unspecified atom stereocenters. The monoisotopic (exact) mass is 235 g/mol. The van der Waals surface area contributed by atoms with E-state index >= 15 is 0 Å². The van der Waals surface area contributed by atoms with Crippen LogP contribution in [0.1, 0.15) is 17.5 Å². The van der Waals surface area contributed by atoms with Crippen LogP contribution in [-0.4, -0.2) is 4.40 Å². The normalized spacial score (nSPS) is 12.9. The van der Waals surface area contributed by atoms with E-state index in [4.69, 9.17) is 0 Å².